The molecule has 0 heterocycles. The Balaban J connectivity index is 2.11. The number of alkyl halides is 1. The van der Waals surface area contributed by atoms with E-state index in [9.17, 15) is 0 Å². The van der Waals surface area contributed by atoms with Crippen LogP contribution in [0.2, 0.25) is 0 Å². The number of ether oxygens (including phenoxy) is 2. The summed E-state index contributed by atoms with van der Waals surface area (Å²) in [5.41, 5.74) is 2.78. The van der Waals surface area contributed by atoms with Gasteiger partial charge in [0.05, 0.1) is 18.7 Å². The minimum atomic E-state index is 0.438. The Kier molecular flexibility index (Phi) is 5.03. The van der Waals surface area contributed by atoms with Crippen LogP contribution in [0.4, 0.5) is 0 Å². The van der Waals surface area contributed by atoms with Crippen LogP contribution in [-0.4, -0.2) is 7.11 Å². The molecule has 3 nitrogen and oxygen atoms in total. The van der Waals surface area contributed by atoms with Gasteiger partial charge < -0.3 is 9.47 Å². The van der Waals surface area contributed by atoms with E-state index >= 15 is 0 Å². The Morgan fingerprint density at radius 1 is 1.05 bits per heavy atom. The van der Waals surface area contributed by atoms with Gasteiger partial charge in [0.2, 0.25) is 0 Å². The molecule has 0 N–H and O–H groups in total. The van der Waals surface area contributed by atoms with Crippen LogP contribution in [0.15, 0.2) is 42.5 Å². The molecule has 0 aliphatic rings. The lowest BCUT2D eigenvalue weighted by Gasteiger charge is -2.12. The molecule has 0 amide bonds. The van der Waals surface area contributed by atoms with Crippen LogP contribution in [0, 0.1) is 11.3 Å². The van der Waals surface area contributed by atoms with Crippen molar-refractivity contribution in [3.63, 3.8) is 0 Å². The summed E-state index contributed by atoms with van der Waals surface area (Å²) in [6.45, 7) is 0.438. The number of hydrogen-bond donors (Lipinski definition) is 0. The maximum atomic E-state index is 8.76. The first-order valence-electron chi connectivity index (χ1n) is 6.11. The predicted octanol–water partition coefficient (Wildman–Crippen LogP) is 4.04. The van der Waals surface area contributed by atoms with Crippen molar-refractivity contribution in [1.29, 1.82) is 5.26 Å². The van der Waals surface area contributed by atoms with Crippen molar-refractivity contribution in [3.05, 3.63) is 59.2 Å². The van der Waals surface area contributed by atoms with Crippen LogP contribution in [-0.2, 0) is 11.9 Å². The van der Waals surface area contributed by atoms with Gasteiger partial charge in [-0.3, -0.25) is 0 Å². The van der Waals surface area contributed by atoms with Crippen molar-refractivity contribution >= 4 is 15.9 Å². The van der Waals surface area contributed by atoms with Crippen LogP contribution >= 0.6 is 15.9 Å². The largest absolute Gasteiger partial charge is 0.493 e. The lowest BCUT2D eigenvalue weighted by Crippen LogP contribution is -1.98. The molecule has 20 heavy (non-hydrogen) atoms. The molecule has 0 fully saturated rings. The van der Waals surface area contributed by atoms with Gasteiger partial charge >= 0.3 is 0 Å². The van der Waals surface area contributed by atoms with E-state index in [0.29, 0.717) is 23.7 Å². The molecule has 2 aromatic rings. The molecule has 0 spiro atoms. The second-order valence-electron chi connectivity index (χ2n) is 4.22. The van der Waals surface area contributed by atoms with Crippen LogP contribution in [0.5, 0.6) is 11.5 Å². The molecule has 0 unspecified atom stereocenters. The summed E-state index contributed by atoms with van der Waals surface area (Å²) in [7, 11) is 1.62. The Morgan fingerprint density at radius 2 is 1.75 bits per heavy atom. The van der Waals surface area contributed by atoms with Crippen LogP contribution < -0.4 is 9.47 Å². The van der Waals surface area contributed by atoms with Crippen molar-refractivity contribution in [3.8, 4) is 17.6 Å². The van der Waals surface area contributed by atoms with E-state index in [1.807, 2.05) is 30.3 Å². The van der Waals surface area contributed by atoms with E-state index in [-0.39, 0.29) is 0 Å². The van der Waals surface area contributed by atoms with E-state index in [4.69, 9.17) is 14.7 Å². The summed E-state index contributed by atoms with van der Waals surface area (Å²) >= 11 is 3.42. The molecule has 2 aromatic carbocycles. The quantitative estimate of drug-likeness (QED) is 0.776. The molecule has 0 saturated carbocycles. The molecule has 102 valence electrons. The number of hydrogen-bond acceptors (Lipinski definition) is 3. The molecule has 0 aromatic heterocycles. The van der Waals surface area contributed by atoms with E-state index < -0.39 is 0 Å². The van der Waals surface area contributed by atoms with E-state index in [2.05, 4.69) is 22.0 Å². The summed E-state index contributed by atoms with van der Waals surface area (Å²) in [6.07, 6.45) is 0. The van der Waals surface area contributed by atoms with Crippen LogP contribution in [0.25, 0.3) is 0 Å². The first-order chi connectivity index (χ1) is 9.76. The maximum Gasteiger partial charge on any atom is 0.161 e. The first-order valence-corrected chi connectivity index (χ1v) is 7.23. The van der Waals surface area contributed by atoms with Crippen molar-refractivity contribution in [1.82, 2.24) is 0 Å². The van der Waals surface area contributed by atoms with Gasteiger partial charge in [0.25, 0.3) is 0 Å². The highest BCUT2D eigenvalue weighted by molar-refractivity contribution is 9.08. The van der Waals surface area contributed by atoms with Crippen molar-refractivity contribution in [2.24, 2.45) is 0 Å². The smallest absolute Gasteiger partial charge is 0.161 e. The summed E-state index contributed by atoms with van der Waals surface area (Å²) in [6, 6.07) is 15.3. The highest BCUT2D eigenvalue weighted by Gasteiger charge is 2.06. The Hall–Kier alpha value is -1.99. The maximum absolute atomic E-state index is 8.76. The molecule has 0 atom stereocenters. The second kappa shape index (κ2) is 6.97. The third kappa shape index (κ3) is 3.52. The standard InChI is InChI=1S/C16H14BrNO2/c1-19-15-7-6-14(9-17)8-16(15)20-11-13-4-2-12(10-18)3-5-13/h2-8H,9,11H2,1H3. The summed E-state index contributed by atoms with van der Waals surface area (Å²) in [5.74, 6) is 1.43. The highest BCUT2D eigenvalue weighted by atomic mass is 79.9. The van der Waals surface area contributed by atoms with E-state index in [1.54, 1.807) is 19.2 Å². The van der Waals surface area contributed by atoms with E-state index in [1.165, 1.54) is 0 Å². The number of rotatable bonds is 5. The highest BCUT2D eigenvalue weighted by Crippen LogP contribution is 2.29. The minimum absolute atomic E-state index is 0.438. The molecule has 2 rings (SSSR count). The van der Waals surface area contributed by atoms with Gasteiger partial charge in [-0.15, -0.1) is 0 Å². The first kappa shape index (κ1) is 14.4. The molecular weight excluding hydrogens is 318 g/mol. The number of benzene rings is 2. The topological polar surface area (TPSA) is 42.2 Å². The fourth-order valence-corrected chi connectivity index (χ4v) is 2.10. The number of halogens is 1. The van der Waals surface area contributed by atoms with Crippen LogP contribution in [0.3, 0.4) is 0 Å². The van der Waals surface area contributed by atoms with Crippen LogP contribution in [0.1, 0.15) is 16.7 Å². The fourth-order valence-electron chi connectivity index (χ4n) is 1.75. The normalized spacial score (nSPS) is 9.85. The summed E-state index contributed by atoms with van der Waals surface area (Å²) in [4.78, 5) is 0. The molecule has 0 aliphatic heterocycles. The summed E-state index contributed by atoms with van der Waals surface area (Å²) < 4.78 is 11.1. The molecule has 0 saturated heterocycles. The number of nitrogens with zero attached hydrogens (tertiary/aromatic N) is 1. The molecular formula is C16H14BrNO2. The zero-order chi connectivity index (χ0) is 14.4. The van der Waals surface area contributed by atoms with Crippen molar-refractivity contribution in [2.45, 2.75) is 11.9 Å². The lowest BCUT2D eigenvalue weighted by molar-refractivity contribution is 0.284. The van der Waals surface area contributed by atoms with Gasteiger partial charge in [-0.1, -0.05) is 34.1 Å². The Labute approximate surface area is 126 Å². The minimum Gasteiger partial charge on any atom is -0.493 e. The third-order valence-corrected chi connectivity index (χ3v) is 3.51. The SMILES string of the molecule is COc1ccc(CBr)cc1OCc1ccc(C#N)cc1. The van der Waals surface area contributed by atoms with Crippen molar-refractivity contribution in [2.75, 3.05) is 7.11 Å². The lowest BCUT2D eigenvalue weighted by atomic mass is 10.1. The molecule has 0 radical (unpaired) electrons. The van der Waals surface area contributed by atoms with Gasteiger partial charge in [-0.2, -0.15) is 5.26 Å². The van der Waals surface area contributed by atoms with Crippen molar-refractivity contribution < 1.29 is 9.47 Å². The third-order valence-electron chi connectivity index (χ3n) is 2.86. The van der Waals surface area contributed by atoms with Gasteiger partial charge in [0, 0.05) is 5.33 Å². The number of methoxy groups -OCH3 is 1. The van der Waals surface area contributed by atoms with Gasteiger partial charge in [-0.25, -0.2) is 0 Å². The monoisotopic (exact) mass is 331 g/mol. The number of nitriles is 1. The Bertz CT molecular complexity index is 617. The molecule has 4 heteroatoms. The average Bonchev–Trinajstić information content (AvgIpc) is 2.53. The van der Waals surface area contributed by atoms with E-state index in [0.717, 1.165) is 16.5 Å². The average molecular weight is 332 g/mol. The summed E-state index contributed by atoms with van der Waals surface area (Å²) in [5, 5.41) is 9.53. The molecule has 0 bridgehead atoms. The Morgan fingerprint density at radius 3 is 2.35 bits per heavy atom. The second-order valence-corrected chi connectivity index (χ2v) is 4.78. The zero-order valence-electron chi connectivity index (χ0n) is 11.1. The van der Waals surface area contributed by atoms with Gasteiger partial charge in [0.15, 0.2) is 11.5 Å². The fraction of sp³-hybridized carbons (Fsp3) is 0.188. The zero-order valence-corrected chi connectivity index (χ0v) is 12.7. The molecule has 0 aliphatic carbocycles. The predicted molar refractivity (Wildman–Crippen MR) is 81.1 cm³/mol. The van der Waals surface area contributed by atoms with Gasteiger partial charge in [0.1, 0.15) is 6.61 Å². The van der Waals surface area contributed by atoms with Gasteiger partial charge in [-0.05, 0) is 35.4 Å².